The Morgan fingerprint density at radius 2 is 1.67 bits per heavy atom. The summed E-state index contributed by atoms with van der Waals surface area (Å²) < 4.78 is 32.6. The van der Waals surface area contributed by atoms with Crippen molar-refractivity contribution in [1.29, 1.82) is 0 Å². The molecule has 0 spiro atoms. The van der Waals surface area contributed by atoms with E-state index in [1.807, 2.05) is 38.1 Å². The van der Waals surface area contributed by atoms with Crippen molar-refractivity contribution < 1.29 is 17.6 Å². The number of nitrogens with one attached hydrogen (secondary N) is 1. The Labute approximate surface area is 176 Å². The van der Waals surface area contributed by atoms with E-state index in [2.05, 4.69) is 10.5 Å². The monoisotopic (exact) mass is 425 g/mol. The summed E-state index contributed by atoms with van der Waals surface area (Å²) in [4.78, 5) is 12.5. The Balaban J connectivity index is 1.80. The molecule has 156 valence electrons. The number of amides is 1. The lowest BCUT2D eigenvalue weighted by Crippen LogP contribution is -2.39. The first kappa shape index (κ1) is 21.5. The summed E-state index contributed by atoms with van der Waals surface area (Å²) >= 11 is 0. The molecule has 8 heteroatoms. The normalized spacial score (nSPS) is 11.8. The maximum absolute atomic E-state index is 13.2. The van der Waals surface area contributed by atoms with Crippen LogP contribution in [0.25, 0.3) is 0 Å². The third kappa shape index (κ3) is 5.65. The zero-order valence-corrected chi connectivity index (χ0v) is 17.6. The van der Waals surface area contributed by atoms with Crippen molar-refractivity contribution in [1.82, 2.24) is 9.73 Å². The van der Waals surface area contributed by atoms with Crippen molar-refractivity contribution in [3.05, 3.63) is 89.4 Å². The molecule has 1 heterocycles. The van der Waals surface area contributed by atoms with Crippen molar-refractivity contribution in [3.63, 3.8) is 0 Å². The predicted octanol–water partition coefficient (Wildman–Crippen LogP) is 3.24. The van der Waals surface area contributed by atoms with Crippen LogP contribution in [0.15, 0.2) is 81.3 Å². The molecular formula is C22H23N3O4S. The molecule has 3 aromatic rings. The minimum absolute atomic E-state index is 0.0613. The van der Waals surface area contributed by atoms with E-state index in [4.69, 9.17) is 4.42 Å². The van der Waals surface area contributed by atoms with E-state index in [-0.39, 0.29) is 18.0 Å². The lowest BCUT2D eigenvalue weighted by Gasteiger charge is -2.21. The molecule has 3 rings (SSSR count). The van der Waals surface area contributed by atoms with Gasteiger partial charge in [0.15, 0.2) is 0 Å². The van der Waals surface area contributed by atoms with Crippen LogP contribution in [0.1, 0.15) is 22.5 Å². The molecule has 0 aliphatic heterocycles. The molecule has 0 aliphatic carbocycles. The quantitative estimate of drug-likeness (QED) is 0.443. The van der Waals surface area contributed by atoms with E-state index in [1.165, 1.54) is 12.5 Å². The van der Waals surface area contributed by atoms with Crippen molar-refractivity contribution in [2.24, 2.45) is 5.10 Å². The highest BCUT2D eigenvalue weighted by molar-refractivity contribution is 7.89. The van der Waals surface area contributed by atoms with Gasteiger partial charge in [0.25, 0.3) is 5.91 Å². The van der Waals surface area contributed by atoms with Gasteiger partial charge in [-0.05, 0) is 43.7 Å². The molecular weight excluding hydrogens is 402 g/mol. The van der Waals surface area contributed by atoms with Crippen LogP contribution >= 0.6 is 0 Å². The largest absolute Gasteiger partial charge is 0.463 e. The highest BCUT2D eigenvalue weighted by Crippen LogP contribution is 2.19. The summed E-state index contributed by atoms with van der Waals surface area (Å²) in [5.41, 5.74) is 5.14. The zero-order chi connectivity index (χ0) is 21.6. The number of rotatable bonds is 8. The fraction of sp³-hybridized carbons (Fsp3) is 0.182. The summed E-state index contributed by atoms with van der Waals surface area (Å²) in [5.74, 6) is -0.0836. The van der Waals surface area contributed by atoms with E-state index >= 15 is 0 Å². The van der Waals surface area contributed by atoms with E-state index in [0.717, 1.165) is 21.0 Å². The maximum atomic E-state index is 13.2. The summed E-state index contributed by atoms with van der Waals surface area (Å²) in [6, 6.07) is 17.4. The minimum atomic E-state index is -3.89. The Kier molecular flexibility index (Phi) is 6.81. The number of carbonyl (C=O) groups excluding carboxylic acids is 1. The fourth-order valence-corrected chi connectivity index (χ4v) is 4.09. The lowest BCUT2D eigenvalue weighted by atomic mass is 10.1. The number of benzene rings is 2. The predicted molar refractivity (Wildman–Crippen MR) is 114 cm³/mol. The first-order chi connectivity index (χ1) is 14.3. The van der Waals surface area contributed by atoms with Gasteiger partial charge in [-0.2, -0.15) is 9.41 Å². The molecule has 0 fully saturated rings. The Morgan fingerprint density at radius 1 is 1.03 bits per heavy atom. The van der Waals surface area contributed by atoms with Gasteiger partial charge in [0.1, 0.15) is 5.76 Å². The van der Waals surface area contributed by atoms with Crippen molar-refractivity contribution in [2.45, 2.75) is 25.3 Å². The van der Waals surface area contributed by atoms with Gasteiger partial charge in [-0.25, -0.2) is 13.8 Å². The van der Waals surface area contributed by atoms with Crippen molar-refractivity contribution in [3.8, 4) is 0 Å². The maximum Gasteiger partial charge on any atom is 0.255 e. The zero-order valence-electron chi connectivity index (χ0n) is 16.8. The van der Waals surface area contributed by atoms with E-state index in [9.17, 15) is 13.2 Å². The highest BCUT2D eigenvalue weighted by Gasteiger charge is 2.26. The van der Waals surface area contributed by atoms with Gasteiger partial charge in [-0.15, -0.1) is 0 Å². The molecule has 0 bridgehead atoms. The summed E-state index contributed by atoms with van der Waals surface area (Å²) in [6.07, 6.45) is 2.83. The molecule has 1 amide bonds. The third-order valence-corrected chi connectivity index (χ3v) is 6.19. The van der Waals surface area contributed by atoms with E-state index < -0.39 is 15.9 Å². The van der Waals surface area contributed by atoms with Gasteiger partial charge >= 0.3 is 0 Å². The lowest BCUT2D eigenvalue weighted by molar-refractivity contribution is -0.121. The molecule has 30 heavy (non-hydrogen) atoms. The van der Waals surface area contributed by atoms with Gasteiger partial charge in [-0.1, -0.05) is 47.5 Å². The number of sulfonamides is 1. The topological polar surface area (TPSA) is 92.0 Å². The van der Waals surface area contributed by atoms with Crippen LogP contribution in [0, 0.1) is 13.8 Å². The van der Waals surface area contributed by atoms with E-state index in [0.29, 0.717) is 5.76 Å². The van der Waals surface area contributed by atoms with Crippen LogP contribution in [0.5, 0.6) is 0 Å². The number of carbonyl (C=O) groups is 1. The second-order valence-electron chi connectivity index (χ2n) is 6.88. The second-order valence-corrected chi connectivity index (χ2v) is 8.82. The molecule has 0 aliphatic rings. The molecule has 1 N–H and O–H groups in total. The van der Waals surface area contributed by atoms with Crippen molar-refractivity contribution in [2.75, 3.05) is 6.54 Å². The Bertz CT molecular complexity index is 1100. The van der Waals surface area contributed by atoms with Crippen LogP contribution in [0.3, 0.4) is 0 Å². The van der Waals surface area contributed by atoms with Crippen LogP contribution < -0.4 is 5.43 Å². The number of hydrogen-bond acceptors (Lipinski definition) is 5. The van der Waals surface area contributed by atoms with E-state index in [1.54, 1.807) is 36.4 Å². The summed E-state index contributed by atoms with van der Waals surface area (Å²) in [5, 5.41) is 3.81. The first-order valence-electron chi connectivity index (χ1n) is 9.32. The SMILES string of the molecule is Cc1ccc(CN(CC(=O)N/N=C\c2ccco2)S(=O)(=O)c2ccc(C)cc2)cc1. The molecule has 2 aromatic carbocycles. The molecule has 0 atom stereocenters. The van der Waals surface area contributed by atoms with Crippen LogP contribution in [0.4, 0.5) is 0 Å². The van der Waals surface area contributed by atoms with Gasteiger partial charge < -0.3 is 4.42 Å². The van der Waals surface area contributed by atoms with Gasteiger partial charge in [0.2, 0.25) is 10.0 Å². The Hall–Kier alpha value is -3.23. The number of aryl methyl sites for hydroxylation is 2. The molecule has 0 saturated carbocycles. The van der Waals surface area contributed by atoms with Crippen molar-refractivity contribution >= 4 is 22.1 Å². The molecule has 0 unspecified atom stereocenters. The number of furan rings is 1. The first-order valence-corrected chi connectivity index (χ1v) is 10.8. The molecule has 0 radical (unpaired) electrons. The average molecular weight is 426 g/mol. The summed E-state index contributed by atoms with van der Waals surface area (Å²) in [7, 11) is -3.89. The fourth-order valence-electron chi connectivity index (χ4n) is 2.71. The molecule has 1 aromatic heterocycles. The molecule has 0 saturated heterocycles. The smallest absolute Gasteiger partial charge is 0.255 e. The van der Waals surface area contributed by atoms with Crippen LogP contribution in [-0.4, -0.2) is 31.4 Å². The average Bonchev–Trinajstić information content (AvgIpc) is 3.23. The molecule has 7 nitrogen and oxygen atoms in total. The van der Waals surface area contributed by atoms with Crippen LogP contribution in [-0.2, 0) is 21.4 Å². The number of nitrogens with zero attached hydrogens (tertiary/aromatic N) is 2. The van der Waals surface area contributed by atoms with Gasteiger partial charge in [0, 0.05) is 6.54 Å². The third-order valence-electron chi connectivity index (χ3n) is 4.38. The highest BCUT2D eigenvalue weighted by atomic mass is 32.2. The van der Waals surface area contributed by atoms with Crippen LogP contribution in [0.2, 0.25) is 0 Å². The summed E-state index contributed by atoms with van der Waals surface area (Å²) in [6.45, 7) is 3.52. The number of hydrogen-bond donors (Lipinski definition) is 1. The number of hydrazone groups is 1. The van der Waals surface area contributed by atoms with Gasteiger partial charge in [0.05, 0.1) is 23.9 Å². The standard InChI is InChI=1S/C22H23N3O4S/c1-17-5-9-19(10-6-17)15-25(30(27,28)21-11-7-18(2)8-12-21)16-22(26)24-23-14-20-4-3-13-29-20/h3-14H,15-16H2,1-2H3,(H,24,26)/b23-14-. The second kappa shape index (κ2) is 9.51. The van der Waals surface area contributed by atoms with Gasteiger partial charge in [-0.3, -0.25) is 4.79 Å². The minimum Gasteiger partial charge on any atom is -0.463 e. The Morgan fingerprint density at radius 3 is 2.27 bits per heavy atom.